The van der Waals surface area contributed by atoms with Crippen molar-refractivity contribution in [2.75, 3.05) is 0 Å². The average molecular weight is 382 g/mol. The van der Waals surface area contributed by atoms with E-state index in [-0.39, 0.29) is 16.0 Å². The number of sulfonamides is 1. The second-order valence-corrected chi connectivity index (χ2v) is 7.21. The smallest absolute Gasteiger partial charge is 0.305 e. The van der Waals surface area contributed by atoms with Crippen molar-refractivity contribution in [3.05, 3.63) is 69.5 Å². The van der Waals surface area contributed by atoms with Crippen molar-refractivity contribution < 1.29 is 27.6 Å². The summed E-state index contributed by atoms with van der Waals surface area (Å²) in [6.45, 7) is 1.46. The molecule has 0 aliphatic heterocycles. The van der Waals surface area contributed by atoms with Crippen molar-refractivity contribution in [3.63, 3.8) is 0 Å². The van der Waals surface area contributed by atoms with Crippen molar-refractivity contribution in [3.8, 4) is 0 Å². The number of nitrogens with one attached hydrogen (secondary N) is 1. The van der Waals surface area contributed by atoms with Crippen LogP contribution in [0.4, 0.5) is 10.1 Å². The second kappa shape index (κ2) is 7.58. The fourth-order valence-corrected chi connectivity index (χ4v) is 3.83. The highest BCUT2D eigenvalue weighted by Gasteiger charge is 2.26. The number of hydrogen-bond donors (Lipinski definition) is 2. The van der Waals surface area contributed by atoms with Gasteiger partial charge in [-0.1, -0.05) is 18.2 Å². The van der Waals surface area contributed by atoms with Crippen molar-refractivity contribution >= 4 is 21.7 Å². The molecule has 0 heterocycles. The van der Waals surface area contributed by atoms with E-state index in [0.717, 1.165) is 18.2 Å². The number of aliphatic carboxylic acids is 1. The average Bonchev–Trinajstić information content (AvgIpc) is 2.54. The van der Waals surface area contributed by atoms with Crippen molar-refractivity contribution in [2.24, 2.45) is 0 Å². The van der Waals surface area contributed by atoms with Crippen LogP contribution in [0.2, 0.25) is 0 Å². The first-order valence-corrected chi connectivity index (χ1v) is 8.83. The predicted octanol–water partition coefficient (Wildman–Crippen LogP) is 2.54. The lowest BCUT2D eigenvalue weighted by Gasteiger charge is -2.18. The van der Waals surface area contributed by atoms with E-state index in [9.17, 15) is 27.7 Å². The topological polar surface area (TPSA) is 127 Å². The van der Waals surface area contributed by atoms with Crippen LogP contribution >= 0.6 is 0 Å². The first kappa shape index (κ1) is 19.5. The zero-order chi connectivity index (χ0) is 19.5. The minimum absolute atomic E-state index is 0.250. The van der Waals surface area contributed by atoms with Gasteiger partial charge in [-0.3, -0.25) is 14.9 Å². The Morgan fingerprint density at radius 1 is 1.27 bits per heavy atom. The largest absolute Gasteiger partial charge is 0.481 e. The van der Waals surface area contributed by atoms with Crippen LogP contribution in [0.3, 0.4) is 0 Å². The van der Waals surface area contributed by atoms with Crippen LogP contribution in [0.5, 0.6) is 0 Å². The molecule has 138 valence electrons. The predicted molar refractivity (Wildman–Crippen MR) is 89.5 cm³/mol. The molecule has 2 N–H and O–H groups in total. The number of nitro benzene ring substituents is 1. The third-order valence-electron chi connectivity index (χ3n) is 3.62. The molecule has 0 bridgehead atoms. The number of carbonyl (C=O) groups is 1. The molecule has 0 spiro atoms. The summed E-state index contributed by atoms with van der Waals surface area (Å²) in [6, 6.07) is 6.89. The summed E-state index contributed by atoms with van der Waals surface area (Å²) in [6.07, 6.45) is -0.584. The standard InChI is InChI=1S/C16H15FN2O6S/c1-10-2-7-13(19(22)23)8-15(10)26(24,25)18-14(9-16(20)21)11-3-5-12(17)6-4-11/h2-8,14,18H,9H2,1H3,(H,20,21). The Kier molecular flexibility index (Phi) is 5.68. The van der Waals surface area contributed by atoms with Crippen LogP contribution in [0.15, 0.2) is 47.4 Å². The van der Waals surface area contributed by atoms with Gasteiger partial charge in [-0.2, -0.15) is 0 Å². The molecule has 0 fully saturated rings. The quantitative estimate of drug-likeness (QED) is 0.560. The highest BCUT2D eigenvalue weighted by atomic mass is 32.2. The summed E-state index contributed by atoms with van der Waals surface area (Å²) in [7, 11) is -4.26. The minimum atomic E-state index is -4.26. The monoisotopic (exact) mass is 382 g/mol. The zero-order valence-corrected chi connectivity index (χ0v) is 14.4. The van der Waals surface area contributed by atoms with E-state index in [1.54, 1.807) is 0 Å². The molecule has 0 saturated heterocycles. The van der Waals surface area contributed by atoms with Gasteiger partial charge < -0.3 is 5.11 Å². The fraction of sp³-hybridized carbons (Fsp3) is 0.188. The molecule has 10 heteroatoms. The van der Waals surface area contributed by atoms with E-state index in [1.807, 2.05) is 0 Å². The SMILES string of the molecule is Cc1ccc([N+](=O)[O-])cc1S(=O)(=O)NC(CC(=O)O)c1ccc(F)cc1. The molecule has 0 aromatic heterocycles. The zero-order valence-electron chi connectivity index (χ0n) is 13.5. The van der Waals surface area contributed by atoms with Gasteiger partial charge in [0.1, 0.15) is 5.82 Å². The summed E-state index contributed by atoms with van der Waals surface area (Å²) < 4.78 is 40.6. The molecule has 2 aromatic rings. The molecule has 0 aliphatic rings. The van der Waals surface area contributed by atoms with Gasteiger partial charge in [0.2, 0.25) is 10.0 Å². The van der Waals surface area contributed by atoms with Crippen LogP contribution in [-0.2, 0) is 14.8 Å². The van der Waals surface area contributed by atoms with Gasteiger partial charge in [-0.05, 0) is 30.2 Å². The molecule has 8 nitrogen and oxygen atoms in total. The maximum atomic E-state index is 13.1. The number of nitro groups is 1. The van der Waals surface area contributed by atoms with E-state index in [2.05, 4.69) is 4.72 Å². The lowest BCUT2D eigenvalue weighted by Crippen LogP contribution is -2.30. The minimum Gasteiger partial charge on any atom is -0.481 e. The number of nitrogens with zero attached hydrogens (tertiary/aromatic N) is 1. The first-order chi connectivity index (χ1) is 12.1. The maximum Gasteiger partial charge on any atom is 0.305 e. The van der Waals surface area contributed by atoms with Gasteiger partial charge >= 0.3 is 5.97 Å². The number of hydrogen-bond acceptors (Lipinski definition) is 5. The van der Waals surface area contributed by atoms with E-state index in [4.69, 9.17) is 5.11 Å². The summed E-state index contributed by atoms with van der Waals surface area (Å²) in [5.74, 6) is -1.82. The Morgan fingerprint density at radius 3 is 2.42 bits per heavy atom. The molecule has 0 radical (unpaired) electrons. The third-order valence-corrected chi connectivity index (χ3v) is 5.23. The van der Waals surface area contributed by atoms with Gasteiger partial charge in [0.15, 0.2) is 0 Å². The summed E-state index contributed by atoms with van der Waals surface area (Å²) in [5, 5.41) is 19.9. The van der Waals surface area contributed by atoms with Gasteiger partial charge in [0.25, 0.3) is 5.69 Å². The number of rotatable bonds is 7. The van der Waals surface area contributed by atoms with Crippen LogP contribution in [-0.4, -0.2) is 24.4 Å². The number of benzene rings is 2. The van der Waals surface area contributed by atoms with Crippen LogP contribution in [0.25, 0.3) is 0 Å². The highest BCUT2D eigenvalue weighted by Crippen LogP contribution is 2.25. The molecular formula is C16H15FN2O6S. The van der Waals surface area contributed by atoms with Gasteiger partial charge in [0, 0.05) is 12.1 Å². The molecular weight excluding hydrogens is 367 g/mol. The van der Waals surface area contributed by atoms with Crippen LogP contribution < -0.4 is 4.72 Å². The Bertz CT molecular complexity index is 944. The third kappa shape index (κ3) is 4.61. The molecule has 1 unspecified atom stereocenters. The normalized spacial score (nSPS) is 12.5. The molecule has 2 aromatic carbocycles. The summed E-state index contributed by atoms with van der Waals surface area (Å²) in [5.41, 5.74) is 0.101. The lowest BCUT2D eigenvalue weighted by atomic mass is 10.1. The molecule has 0 aliphatic carbocycles. The summed E-state index contributed by atoms with van der Waals surface area (Å²) in [4.78, 5) is 20.9. The number of non-ortho nitro benzene ring substituents is 1. The molecule has 0 saturated carbocycles. The van der Waals surface area contributed by atoms with Crippen molar-refractivity contribution in [2.45, 2.75) is 24.3 Å². The van der Waals surface area contributed by atoms with E-state index < -0.39 is 44.9 Å². The Morgan fingerprint density at radius 2 is 1.88 bits per heavy atom. The van der Waals surface area contributed by atoms with Crippen LogP contribution in [0, 0.1) is 22.9 Å². The van der Waals surface area contributed by atoms with Gasteiger partial charge in [-0.15, -0.1) is 0 Å². The number of carboxylic acids is 1. The first-order valence-electron chi connectivity index (χ1n) is 7.35. The molecule has 0 amide bonds. The highest BCUT2D eigenvalue weighted by molar-refractivity contribution is 7.89. The van der Waals surface area contributed by atoms with Crippen LogP contribution in [0.1, 0.15) is 23.6 Å². The van der Waals surface area contributed by atoms with Crippen molar-refractivity contribution in [1.82, 2.24) is 4.72 Å². The Hall–Kier alpha value is -2.85. The maximum absolute atomic E-state index is 13.1. The number of aryl methyl sites for hydroxylation is 1. The molecule has 26 heavy (non-hydrogen) atoms. The fourth-order valence-electron chi connectivity index (χ4n) is 2.34. The molecule has 2 rings (SSSR count). The van der Waals surface area contributed by atoms with E-state index in [0.29, 0.717) is 0 Å². The van der Waals surface area contributed by atoms with Crippen molar-refractivity contribution in [1.29, 1.82) is 0 Å². The van der Waals surface area contributed by atoms with Gasteiger partial charge in [0.05, 0.1) is 22.3 Å². The van der Waals surface area contributed by atoms with E-state index >= 15 is 0 Å². The Labute approximate surface area is 148 Å². The summed E-state index contributed by atoms with van der Waals surface area (Å²) >= 11 is 0. The Balaban J connectivity index is 2.43. The lowest BCUT2D eigenvalue weighted by molar-refractivity contribution is -0.385. The van der Waals surface area contributed by atoms with E-state index in [1.165, 1.54) is 31.2 Å². The number of carboxylic acid groups (broad SMARTS) is 1. The second-order valence-electron chi connectivity index (χ2n) is 5.53. The van der Waals surface area contributed by atoms with Gasteiger partial charge in [-0.25, -0.2) is 17.5 Å². The number of halogens is 1. The molecule has 1 atom stereocenters.